The number of rotatable bonds is 3. The van der Waals surface area contributed by atoms with Gasteiger partial charge in [0.15, 0.2) is 0 Å². The lowest BCUT2D eigenvalue weighted by Crippen LogP contribution is -2.53. The Bertz CT molecular complexity index is 1110. The molecule has 10 heteroatoms. The number of carbonyl (C=O) groups is 1. The number of hydrogen-bond donors (Lipinski definition) is 2. The Hall–Kier alpha value is -3.27. The van der Waals surface area contributed by atoms with Crippen LogP contribution in [0.3, 0.4) is 0 Å². The molecule has 2 aromatic rings. The molecule has 2 saturated heterocycles. The normalized spacial score (nSPS) is 17.7. The van der Waals surface area contributed by atoms with Gasteiger partial charge in [-0.1, -0.05) is 41.5 Å². The first kappa shape index (κ1) is 26.8. The summed E-state index contributed by atoms with van der Waals surface area (Å²) in [7, 11) is 0. The molecule has 2 aliphatic rings. The molecule has 0 saturated carbocycles. The van der Waals surface area contributed by atoms with Crippen LogP contribution in [0, 0.1) is 0 Å². The second-order valence-electron chi connectivity index (χ2n) is 12.0. The van der Waals surface area contributed by atoms with E-state index in [0.29, 0.717) is 37.8 Å². The zero-order valence-electron chi connectivity index (χ0n) is 23.1. The van der Waals surface area contributed by atoms with Crippen molar-refractivity contribution in [1.82, 2.24) is 19.9 Å². The van der Waals surface area contributed by atoms with Gasteiger partial charge in [-0.05, 0) is 24.3 Å². The highest BCUT2D eigenvalue weighted by Gasteiger charge is 2.30. The van der Waals surface area contributed by atoms with Crippen LogP contribution in [-0.2, 0) is 15.7 Å². The number of nitrogens with two attached hydrogens (primary N) is 2. The van der Waals surface area contributed by atoms with Gasteiger partial charge in [0.1, 0.15) is 11.6 Å². The third-order valence-corrected chi connectivity index (χ3v) is 6.88. The first-order chi connectivity index (χ1) is 17.3. The number of amides is 1. The van der Waals surface area contributed by atoms with Gasteiger partial charge in [-0.15, -0.1) is 5.06 Å². The molecule has 10 nitrogen and oxygen atoms in total. The molecule has 0 aliphatic carbocycles. The molecule has 0 radical (unpaired) electrons. The van der Waals surface area contributed by atoms with Gasteiger partial charge in [-0.25, -0.2) is 14.8 Å². The minimum atomic E-state index is -0.288. The molecule has 4 N–H and O–H groups in total. The molecule has 4 rings (SSSR count). The molecule has 0 unspecified atom stereocenters. The maximum absolute atomic E-state index is 12.9. The predicted molar refractivity (Wildman–Crippen MR) is 149 cm³/mol. The Labute approximate surface area is 220 Å². The van der Waals surface area contributed by atoms with Gasteiger partial charge >= 0.3 is 6.09 Å². The van der Waals surface area contributed by atoms with Gasteiger partial charge in [0.05, 0.1) is 35.9 Å². The van der Waals surface area contributed by atoms with E-state index in [1.54, 1.807) is 9.96 Å². The van der Waals surface area contributed by atoms with Crippen molar-refractivity contribution < 1.29 is 9.63 Å². The Kier molecular flexibility index (Phi) is 7.41. The molecule has 37 heavy (non-hydrogen) atoms. The quantitative estimate of drug-likeness (QED) is 0.642. The van der Waals surface area contributed by atoms with Crippen molar-refractivity contribution in [1.29, 1.82) is 0 Å². The van der Waals surface area contributed by atoms with E-state index in [1.807, 2.05) is 24.3 Å². The van der Waals surface area contributed by atoms with E-state index in [-0.39, 0.29) is 16.9 Å². The second kappa shape index (κ2) is 10.2. The summed E-state index contributed by atoms with van der Waals surface area (Å²) in [5.41, 5.74) is 15.8. The fourth-order valence-electron chi connectivity index (χ4n) is 4.87. The van der Waals surface area contributed by atoms with Crippen LogP contribution in [0.15, 0.2) is 24.3 Å². The van der Waals surface area contributed by atoms with E-state index in [1.165, 1.54) is 0 Å². The number of hydroxylamine groups is 2. The van der Waals surface area contributed by atoms with E-state index < -0.39 is 0 Å². The van der Waals surface area contributed by atoms with Crippen molar-refractivity contribution in [3.05, 3.63) is 35.7 Å². The minimum Gasteiger partial charge on any atom is -0.384 e. The summed E-state index contributed by atoms with van der Waals surface area (Å²) in [4.78, 5) is 34.3. The number of nitrogens with zero attached hydrogens (tertiary/aromatic N) is 6. The van der Waals surface area contributed by atoms with Crippen LogP contribution in [-0.4, -0.2) is 78.4 Å². The minimum absolute atomic E-state index is 0.119. The number of anilines is 4. The lowest BCUT2D eigenvalue weighted by Gasteiger charge is -2.39. The Morgan fingerprint density at radius 2 is 1.11 bits per heavy atom. The van der Waals surface area contributed by atoms with E-state index in [0.717, 1.165) is 48.9 Å². The summed E-state index contributed by atoms with van der Waals surface area (Å²) in [6, 6.07) is 7.78. The monoisotopic (exact) mass is 510 g/mol. The van der Waals surface area contributed by atoms with Crippen molar-refractivity contribution in [3.8, 4) is 0 Å². The smallest absolute Gasteiger partial charge is 0.384 e. The largest absolute Gasteiger partial charge is 0.429 e. The maximum Gasteiger partial charge on any atom is 0.429 e. The molecule has 0 atom stereocenters. The van der Waals surface area contributed by atoms with Gasteiger partial charge in [-0.3, -0.25) is 0 Å². The first-order valence-corrected chi connectivity index (χ1v) is 13.1. The van der Waals surface area contributed by atoms with Crippen LogP contribution in [0.25, 0.3) is 0 Å². The van der Waals surface area contributed by atoms with Crippen LogP contribution in [0.5, 0.6) is 0 Å². The first-order valence-electron chi connectivity index (χ1n) is 13.1. The topological polar surface area (TPSA) is 117 Å². The molecule has 4 heterocycles. The Morgan fingerprint density at radius 3 is 1.51 bits per heavy atom. The fraction of sp³-hybridized carbons (Fsp3) is 0.593. The molecule has 202 valence electrons. The number of nitrogen functional groups attached to an aromatic ring is 2. The van der Waals surface area contributed by atoms with Crippen molar-refractivity contribution in [2.45, 2.75) is 52.4 Å². The van der Waals surface area contributed by atoms with E-state index in [4.69, 9.17) is 16.3 Å². The van der Waals surface area contributed by atoms with E-state index >= 15 is 0 Å². The summed E-state index contributed by atoms with van der Waals surface area (Å²) in [5.74, 6) is 1.06. The van der Waals surface area contributed by atoms with Crippen molar-refractivity contribution in [2.24, 2.45) is 0 Å². The summed E-state index contributed by atoms with van der Waals surface area (Å²) < 4.78 is 0. The van der Waals surface area contributed by atoms with Crippen LogP contribution in [0.1, 0.15) is 52.9 Å². The van der Waals surface area contributed by atoms with Gasteiger partial charge < -0.3 is 31.0 Å². The fourth-order valence-corrected chi connectivity index (χ4v) is 4.87. The average Bonchev–Trinajstić information content (AvgIpc) is 2.83. The standard InChI is InChI=1S/C27H42N8O2/c1-26(2,3)23-19(7-9-21(28)30-23)32-11-13-34(14-12-32)25(36)37-35-17-15-33(16-18-35)20-8-10-22(29)31-24(20)27(4,5)6/h7-10H,11-18H2,1-6H3,(H2,28,30)(H2,29,31). The summed E-state index contributed by atoms with van der Waals surface area (Å²) in [5, 5.41) is 1.77. The van der Waals surface area contributed by atoms with Gasteiger partial charge in [0.25, 0.3) is 0 Å². The highest BCUT2D eigenvalue weighted by Crippen LogP contribution is 2.33. The van der Waals surface area contributed by atoms with Crippen LogP contribution < -0.4 is 21.3 Å². The third-order valence-electron chi connectivity index (χ3n) is 6.88. The predicted octanol–water partition coefficient (Wildman–Crippen LogP) is 3.23. The van der Waals surface area contributed by atoms with Crippen LogP contribution in [0.4, 0.5) is 27.8 Å². The average molecular weight is 511 g/mol. The number of hydrogen-bond acceptors (Lipinski definition) is 9. The molecule has 2 fully saturated rings. The zero-order valence-corrected chi connectivity index (χ0v) is 23.1. The number of piperazine rings is 2. The highest BCUT2D eigenvalue weighted by molar-refractivity contribution is 5.68. The second-order valence-corrected chi connectivity index (χ2v) is 12.0. The van der Waals surface area contributed by atoms with Crippen LogP contribution in [0.2, 0.25) is 0 Å². The zero-order chi connectivity index (χ0) is 27.0. The van der Waals surface area contributed by atoms with Gasteiger partial charge in [-0.2, -0.15) is 0 Å². The molecule has 2 aromatic heterocycles. The summed E-state index contributed by atoms with van der Waals surface area (Å²) in [6.07, 6.45) is -0.288. The summed E-state index contributed by atoms with van der Waals surface area (Å²) in [6.45, 7) is 18.2. The third kappa shape index (κ3) is 6.18. The lowest BCUT2D eigenvalue weighted by molar-refractivity contribution is -0.115. The highest BCUT2D eigenvalue weighted by atomic mass is 16.7. The Balaban J connectivity index is 1.31. The summed E-state index contributed by atoms with van der Waals surface area (Å²) >= 11 is 0. The van der Waals surface area contributed by atoms with E-state index in [2.05, 4.69) is 61.3 Å². The Morgan fingerprint density at radius 1 is 0.703 bits per heavy atom. The van der Waals surface area contributed by atoms with Crippen molar-refractivity contribution in [3.63, 3.8) is 0 Å². The van der Waals surface area contributed by atoms with Crippen molar-refractivity contribution >= 4 is 29.1 Å². The number of carbonyl (C=O) groups excluding carboxylic acids is 1. The lowest BCUT2D eigenvalue weighted by atomic mass is 9.90. The molecule has 1 amide bonds. The maximum atomic E-state index is 12.9. The van der Waals surface area contributed by atoms with E-state index in [9.17, 15) is 4.79 Å². The molecular weight excluding hydrogens is 468 g/mol. The van der Waals surface area contributed by atoms with Crippen LogP contribution >= 0.6 is 0 Å². The van der Waals surface area contributed by atoms with Gasteiger partial charge in [0.2, 0.25) is 0 Å². The van der Waals surface area contributed by atoms with Crippen molar-refractivity contribution in [2.75, 3.05) is 73.6 Å². The number of pyridine rings is 2. The molecule has 0 spiro atoms. The number of aromatic nitrogens is 2. The molecule has 0 aromatic carbocycles. The molecule has 2 aliphatic heterocycles. The molecular formula is C27H42N8O2. The SMILES string of the molecule is CC(C)(C)c1nc(N)ccc1N1CCN(OC(=O)N2CCN(c3ccc(N)nc3C(C)(C)C)CC2)CC1. The van der Waals surface area contributed by atoms with Gasteiger partial charge in [0, 0.05) is 50.1 Å². The molecule has 0 bridgehead atoms.